The zero-order valence-corrected chi connectivity index (χ0v) is 13.1. The van der Waals surface area contributed by atoms with Crippen LogP contribution in [-0.2, 0) is 16.0 Å². The molecule has 0 heterocycles. The largest absolute Gasteiger partial charge is 0.326 e. The molecule has 0 aliphatic heterocycles. The van der Waals surface area contributed by atoms with Crippen LogP contribution in [-0.4, -0.2) is 11.8 Å². The Kier molecular flexibility index (Phi) is 4.94. The van der Waals surface area contributed by atoms with Crippen LogP contribution in [0.4, 0.5) is 11.4 Å². The van der Waals surface area contributed by atoms with Gasteiger partial charge in [0.1, 0.15) is 0 Å². The molecule has 0 fully saturated rings. The number of amides is 2. The van der Waals surface area contributed by atoms with Crippen LogP contribution in [0.1, 0.15) is 23.6 Å². The van der Waals surface area contributed by atoms with Gasteiger partial charge in [-0.2, -0.15) is 0 Å². The van der Waals surface area contributed by atoms with Gasteiger partial charge in [-0.15, -0.1) is 0 Å². The van der Waals surface area contributed by atoms with E-state index >= 15 is 0 Å². The van der Waals surface area contributed by atoms with Crippen LogP contribution in [0.5, 0.6) is 0 Å². The Bertz CT molecular complexity index is 688. The molecule has 2 aromatic rings. The molecule has 0 radical (unpaired) electrons. The van der Waals surface area contributed by atoms with E-state index in [4.69, 9.17) is 0 Å². The summed E-state index contributed by atoms with van der Waals surface area (Å²) in [7, 11) is 0. The maximum atomic E-state index is 12.2. The molecule has 2 rings (SSSR count). The van der Waals surface area contributed by atoms with E-state index < -0.39 is 0 Å². The summed E-state index contributed by atoms with van der Waals surface area (Å²) in [5.74, 6) is -0.200. The van der Waals surface area contributed by atoms with Gasteiger partial charge >= 0.3 is 0 Å². The normalized spacial score (nSPS) is 10.1. The molecular formula is C18H20N2O2. The third-order valence-corrected chi connectivity index (χ3v) is 3.36. The van der Waals surface area contributed by atoms with E-state index in [0.29, 0.717) is 5.69 Å². The van der Waals surface area contributed by atoms with E-state index in [2.05, 4.69) is 10.6 Å². The van der Waals surface area contributed by atoms with Crippen molar-refractivity contribution in [3.63, 3.8) is 0 Å². The van der Waals surface area contributed by atoms with Crippen molar-refractivity contribution in [3.8, 4) is 0 Å². The molecule has 4 nitrogen and oxygen atoms in total. The molecule has 2 aromatic carbocycles. The zero-order valence-electron chi connectivity index (χ0n) is 13.1. The van der Waals surface area contributed by atoms with Crippen molar-refractivity contribution in [3.05, 3.63) is 59.2 Å². The average molecular weight is 296 g/mol. The Morgan fingerprint density at radius 1 is 0.955 bits per heavy atom. The molecule has 0 atom stereocenters. The Morgan fingerprint density at radius 3 is 2.23 bits per heavy atom. The third-order valence-electron chi connectivity index (χ3n) is 3.36. The molecule has 0 aromatic heterocycles. The zero-order chi connectivity index (χ0) is 16.1. The maximum absolute atomic E-state index is 12.2. The van der Waals surface area contributed by atoms with Gasteiger partial charge < -0.3 is 10.6 Å². The Morgan fingerprint density at radius 2 is 1.59 bits per heavy atom. The van der Waals surface area contributed by atoms with E-state index in [1.54, 1.807) is 6.07 Å². The first kappa shape index (κ1) is 15.8. The Hall–Kier alpha value is -2.62. The van der Waals surface area contributed by atoms with Crippen molar-refractivity contribution >= 4 is 23.2 Å². The molecule has 0 bridgehead atoms. The van der Waals surface area contributed by atoms with Gasteiger partial charge in [0.2, 0.25) is 11.8 Å². The third kappa shape index (κ3) is 4.19. The highest BCUT2D eigenvalue weighted by molar-refractivity contribution is 5.94. The molecule has 0 saturated carbocycles. The van der Waals surface area contributed by atoms with Gasteiger partial charge in [-0.1, -0.05) is 30.3 Å². The second-order valence-electron chi connectivity index (χ2n) is 5.37. The fraction of sp³-hybridized carbons (Fsp3) is 0.222. The number of anilines is 2. The van der Waals surface area contributed by atoms with E-state index in [0.717, 1.165) is 22.4 Å². The standard InChI is InChI=1S/C18H20N2O2/c1-12-6-4-7-13(2)18(12)20-17(22)11-15-8-5-9-16(10-15)19-14(3)21/h4-10H,11H2,1-3H3,(H,19,21)(H,20,22). The Labute approximate surface area is 130 Å². The number of rotatable bonds is 4. The van der Waals surface area contributed by atoms with Gasteiger partial charge in [0.05, 0.1) is 6.42 Å². The molecular weight excluding hydrogens is 276 g/mol. The van der Waals surface area contributed by atoms with Gasteiger partial charge in [-0.25, -0.2) is 0 Å². The summed E-state index contributed by atoms with van der Waals surface area (Å²) >= 11 is 0. The summed E-state index contributed by atoms with van der Waals surface area (Å²) in [5.41, 5.74) is 4.51. The number of carbonyl (C=O) groups is 2. The minimum atomic E-state index is -0.128. The van der Waals surface area contributed by atoms with Crippen molar-refractivity contribution < 1.29 is 9.59 Å². The van der Waals surface area contributed by atoms with Crippen molar-refractivity contribution in [2.24, 2.45) is 0 Å². The molecule has 0 saturated heterocycles. The topological polar surface area (TPSA) is 58.2 Å². The van der Waals surface area contributed by atoms with Gasteiger partial charge in [0.25, 0.3) is 0 Å². The summed E-state index contributed by atoms with van der Waals surface area (Å²) in [6.45, 7) is 5.40. The van der Waals surface area contributed by atoms with Crippen molar-refractivity contribution in [2.45, 2.75) is 27.2 Å². The second-order valence-corrected chi connectivity index (χ2v) is 5.37. The van der Waals surface area contributed by atoms with Gasteiger partial charge in [0, 0.05) is 18.3 Å². The molecule has 0 aliphatic rings. The van der Waals surface area contributed by atoms with Crippen LogP contribution < -0.4 is 10.6 Å². The van der Waals surface area contributed by atoms with Crippen LogP contribution in [0, 0.1) is 13.8 Å². The highest BCUT2D eigenvalue weighted by atomic mass is 16.2. The quantitative estimate of drug-likeness (QED) is 0.908. The van der Waals surface area contributed by atoms with E-state index in [-0.39, 0.29) is 18.2 Å². The number of hydrogen-bond donors (Lipinski definition) is 2. The van der Waals surface area contributed by atoms with Crippen LogP contribution in [0.3, 0.4) is 0 Å². The number of para-hydroxylation sites is 1. The SMILES string of the molecule is CC(=O)Nc1cccc(CC(=O)Nc2c(C)cccc2C)c1. The number of hydrogen-bond acceptors (Lipinski definition) is 2. The van der Waals surface area contributed by atoms with Crippen LogP contribution >= 0.6 is 0 Å². The van der Waals surface area contributed by atoms with Gasteiger partial charge in [0.15, 0.2) is 0 Å². The number of carbonyl (C=O) groups excluding carboxylic acids is 2. The first-order valence-corrected chi connectivity index (χ1v) is 7.18. The van der Waals surface area contributed by atoms with Crippen molar-refractivity contribution in [1.29, 1.82) is 0 Å². The molecule has 0 spiro atoms. The first-order chi connectivity index (χ1) is 10.5. The highest BCUT2D eigenvalue weighted by Crippen LogP contribution is 2.20. The molecule has 4 heteroatoms. The number of aryl methyl sites for hydroxylation is 2. The van der Waals surface area contributed by atoms with Crippen molar-refractivity contribution in [1.82, 2.24) is 0 Å². The molecule has 2 N–H and O–H groups in total. The van der Waals surface area contributed by atoms with Gasteiger partial charge in [-0.3, -0.25) is 9.59 Å². The van der Waals surface area contributed by atoms with E-state index in [1.165, 1.54) is 6.92 Å². The lowest BCUT2D eigenvalue weighted by Gasteiger charge is -2.12. The summed E-state index contributed by atoms with van der Waals surface area (Å²) in [6.07, 6.45) is 0.265. The fourth-order valence-corrected chi connectivity index (χ4v) is 2.34. The lowest BCUT2D eigenvalue weighted by molar-refractivity contribution is -0.115. The fourth-order valence-electron chi connectivity index (χ4n) is 2.34. The average Bonchev–Trinajstić information content (AvgIpc) is 2.42. The van der Waals surface area contributed by atoms with Crippen LogP contribution in [0.15, 0.2) is 42.5 Å². The predicted octanol–water partition coefficient (Wildman–Crippen LogP) is 3.44. The lowest BCUT2D eigenvalue weighted by Crippen LogP contribution is -2.16. The van der Waals surface area contributed by atoms with E-state index in [1.807, 2.05) is 50.2 Å². The summed E-state index contributed by atoms with van der Waals surface area (Å²) in [6, 6.07) is 13.2. The monoisotopic (exact) mass is 296 g/mol. The smallest absolute Gasteiger partial charge is 0.228 e. The van der Waals surface area contributed by atoms with Crippen LogP contribution in [0.25, 0.3) is 0 Å². The predicted molar refractivity (Wildman–Crippen MR) is 89.0 cm³/mol. The molecule has 2 amide bonds. The lowest BCUT2D eigenvalue weighted by atomic mass is 10.1. The minimum Gasteiger partial charge on any atom is -0.326 e. The molecule has 0 unspecified atom stereocenters. The number of nitrogens with one attached hydrogen (secondary N) is 2. The molecule has 0 aliphatic carbocycles. The van der Waals surface area contributed by atoms with Gasteiger partial charge in [-0.05, 0) is 42.7 Å². The van der Waals surface area contributed by atoms with Crippen molar-refractivity contribution in [2.75, 3.05) is 10.6 Å². The van der Waals surface area contributed by atoms with Crippen LogP contribution in [0.2, 0.25) is 0 Å². The Balaban J connectivity index is 2.08. The molecule has 114 valence electrons. The maximum Gasteiger partial charge on any atom is 0.228 e. The minimum absolute atomic E-state index is 0.0719. The summed E-state index contributed by atoms with van der Waals surface area (Å²) < 4.78 is 0. The highest BCUT2D eigenvalue weighted by Gasteiger charge is 2.08. The second kappa shape index (κ2) is 6.89. The molecule has 22 heavy (non-hydrogen) atoms. The summed E-state index contributed by atoms with van der Waals surface area (Å²) in [4.78, 5) is 23.3. The summed E-state index contributed by atoms with van der Waals surface area (Å²) in [5, 5.41) is 5.68. The van der Waals surface area contributed by atoms with E-state index in [9.17, 15) is 9.59 Å². The first-order valence-electron chi connectivity index (χ1n) is 7.18. The number of benzene rings is 2.